The van der Waals surface area contributed by atoms with E-state index < -0.39 is 6.04 Å². The molecule has 25 heavy (non-hydrogen) atoms. The van der Waals surface area contributed by atoms with Crippen molar-refractivity contribution in [2.24, 2.45) is 0 Å². The van der Waals surface area contributed by atoms with Crippen LogP contribution in [-0.2, 0) is 9.53 Å². The van der Waals surface area contributed by atoms with Crippen LogP contribution in [0.2, 0.25) is 0 Å². The summed E-state index contributed by atoms with van der Waals surface area (Å²) in [5.74, 6) is 1.25. The number of methoxy groups -OCH3 is 3. The maximum Gasteiger partial charge on any atom is 0.250 e. The predicted molar refractivity (Wildman–Crippen MR) is 87.3 cm³/mol. The number of ether oxygens (including phenoxy) is 3. The molecule has 134 valence electrons. The normalized spacial score (nSPS) is 19.6. The summed E-state index contributed by atoms with van der Waals surface area (Å²) in [7, 11) is 4.82. The first kappa shape index (κ1) is 17.2. The van der Waals surface area contributed by atoms with Crippen LogP contribution in [0.3, 0.4) is 0 Å². The number of nitrogens with zero attached hydrogens (tertiary/aromatic N) is 5. The van der Waals surface area contributed by atoms with Crippen LogP contribution in [0.1, 0.15) is 24.1 Å². The molecule has 0 spiro atoms. The van der Waals surface area contributed by atoms with Gasteiger partial charge in [0.25, 0.3) is 5.91 Å². The summed E-state index contributed by atoms with van der Waals surface area (Å²) in [5, 5.41) is 11.2. The van der Waals surface area contributed by atoms with Crippen LogP contribution >= 0.6 is 0 Å². The minimum Gasteiger partial charge on any atom is -0.493 e. The number of rotatable bonds is 8. The fourth-order valence-corrected chi connectivity index (χ4v) is 3.11. The van der Waals surface area contributed by atoms with Crippen molar-refractivity contribution in [1.29, 1.82) is 0 Å². The fourth-order valence-electron chi connectivity index (χ4n) is 3.11. The van der Waals surface area contributed by atoms with Gasteiger partial charge in [-0.15, -0.1) is 5.10 Å². The van der Waals surface area contributed by atoms with E-state index in [2.05, 4.69) is 15.5 Å². The number of carbonyl (C=O) groups is 1. The van der Waals surface area contributed by atoms with Crippen molar-refractivity contribution in [2.45, 2.75) is 18.5 Å². The molecule has 3 rings (SSSR count). The lowest BCUT2D eigenvalue weighted by Crippen LogP contribution is -2.56. The Hall–Kier alpha value is -2.68. The zero-order valence-corrected chi connectivity index (χ0v) is 14.5. The highest BCUT2D eigenvalue weighted by Crippen LogP contribution is 2.44. The molecule has 2 aromatic rings. The molecule has 1 aliphatic heterocycles. The lowest BCUT2D eigenvalue weighted by molar-refractivity contribution is -0.156. The van der Waals surface area contributed by atoms with Crippen molar-refractivity contribution in [2.75, 3.05) is 34.5 Å². The molecular formula is C16H21N5O4. The fraction of sp³-hybridized carbons (Fsp3) is 0.500. The molecule has 0 bridgehead atoms. The molecule has 0 saturated carbocycles. The Morgan fingerprint density at radius 3 is 2.56 bits per heavy atom. The summed E-state index contributed by atoms with van der Waals surface area (Å²) in [6, 6.07) is 5.01. The molecule has 0 N–H and O–H groups in total. The van der Waals surface area contributed by atoms with Crippen LogP contribution in [0, 0.1) is 0 Å². The van der Waals surface area contributed by atoms with Gasteiger partial charge in [0.15, 0.2) is 17.5 Å². The molecule has 1 aromatic heterocycles. The van der Waals surface area contributed by atoms with Crippen molar-refractivity contribution in [3.05, 3.63) is 30.1 Å². The second-order valence-corrected chi connectivity index (χ2v) is 5.67. The Balaban J connectivity index is 1.91. The number of carbonyl (C=O) groups excluding carboxylic acids is 1. The smallest absolute Gasteiger partial charge is 0.250 e. The van der Waals surface area contributed by atoms with E-state index in [1.54, 1.807) is 21.3 Å². The number of likely N-dealkylation sites (tertiary alicyclic amines) is 1. The summed E-state index contributed by atoms with van der Waals surface area (Å²) >= 11 is 0. The Morgan fingerprint density at radius 2 is 1.92 bits per heavy atom. The SMILES string of the molecule is COCCCN1C(=O)[C@@H](n2cnnn2)[C@H]1c1ccc(OC)c(OC)c1. The summed E-state index contributed by atoms with van der Waals surface area (Å²) < 4.78 is 17.3. The second-order valence-electron chi connectivity index (χ2n) is 5.67. The minimum atomic E-state index is -0.462. The van der Waals surface area contributed by atoms with Crippen molar-refractivity contribution >= 4 is 5.91 Å². The first-order valence-corrected chi connectivity index (χ1v) is 7.95. The summed E-state index contributed by atoms with van der Waals surface area (Å²) in [5.41, 5.74) is 0.940. The number of β-lactam (4-membered cyclic amide) rings is 1. The number of tetrazole rings is 1. The lowest BCUT2D eigenvalue weighted by atomic mass is 9.88. The molecule has 9 nitrogen and oxygen atoms in total. The first-order valence-electron chi connectivity index (χ1n) is 7.95. The van der Waals surface area contributed by atoms with Crippen LogP contribution in [-0.4, -0.2) is 65.5 Å². The van der Waals surface area contributed by atoms with Gasteiger partial charge in [0, 0.05) is 20.3 Å². The molecule has 9 heteroatoms. The molecular weight excluding hydrogens is 326 g/mol. The van der Waals surface area contributed by atoms with Gasteiger partial charge in [-0.05, 0) is 34.5 Å². The lowest BCUT2D eigenvalue weighted by Gasteiger charge is -2.47. The van der Waals surface area contributed by atoms with Crippen LogP contribution in [0.15, 0.2) is 24.5 Å². The van der Waals surface area contributed by atoms with Gasteiger partial charge < -0.3 is 19.1 Å². The molecule has 1 aromatic carbocycles. The van der Waals surface area contributed by atoms with Crippen LogP contribution in [0.5, 0.6) is 11.5 Å². The van der Waals surface area contributed by atoms with E-state index in [9.17, 15) is 4.79 Å². The third-order valence-electron chi connectivity index (χ3n) is 4.32. The van der Waals surface area contributed by atoms with Crippen molar-refractivity contribution in [3.63, 3.8) is 0 Å². The van der Waals surface area contributed by atoms with E-state index in [-0.39, 0.29) is 11.9 Å². The van der Waals surface area contributed by atoms with Crippen LogP contribution < -0.4 is 9.47 Å². The Labute approximate surface area is 145 Å². The Kier molecular flexibility index (Phi) is 5.13. The molecule has 0 aliphatic carbocycles. The first-order chi connectivity index (χ1) is 12.2. The molecule has 1 aliphatic rings. The molecule has 0 unspecified atom stereocenters. The summed E-state index contributed by atoms with van der Waals surface area (Å²) in [6.07, 6.45) is 2.22. The van der Waals surface area contributed by atoms with Gasteiger partial charge in [0.05, 0.1) is 20.3 Å². The molecule has 2 heterocycles. The average molecular weight is 347 g/mol. The zero-order chi connectivity index (χ0) is 17.8. The van der Waals surface area contributed by atoms with E-state index in [0.717, 1.165) is 12.0 Å². The molecule has 1 saturated heterocycles. The maximum absolute atomic E-state index is 12.6. The molecule has 0 radical (unpaired) electrons. The summed E-state index contributed by atoms with van der Waals surface area (Å²) in [6.45, 7) is 1.20. The predicted octanol–water partition coefficient (Wildman–Crippen LogP) is 0.851. The molecule has 1 fully saturated rings. The zero-order valence-electron chi connectivity index (χ0n) is 14.5. The van der Waals surface area contributed by atoms with E-state index in [4.69, 9.17) is 14.2 Å². The van der Waals surface area contributed by atoms with Gasteiger partial charge in [-0.2, -0.15) is 0 Å². The highest BCUT2D eigenvalue weighted by atomic mass is 16.5. The van der Waals surface area contributed by atoms with E-state index in [1.165, 1.54) is 11.0 Å². The van der Waals surface area contributed by atoms with E-state index in [1.807, 2.05) is 23.1 Å². The number of aromatic nitrogens is 4. The van der Waals surface area contributed by atoms with Gasteiger partial charge in [0.2, 0.25) is 0 Å². The topological polar surface area (TPSA) is 91.6 Å². The van der Waals surface area contributed by atoms with Crippen molar-refractivity contribution in [3.8, 4) is 11.5 Å². The van der Waals surface area contributed by atoms with Crippen molar-refractivity contribution < 1.29 is 19.0 Å². The number of hydrogen-bond acceptors (Lipinski definition) is 7. The number of amides is 1. The van der Waals surface area contributed by atoms with Gasteiger partial charge >= 0.3 is 0 Å². The number of benzene rings is 1. The number of hydrogen-bond donors (Lipinski definition) is 0. The standard InChI is InChI=1S/C16H21N5O4/c1-23-8-4-7-20-14(15(16(20)22)21-10-17-18-19-21)11-5-6-12(24-2)13(9-11)25-3/h5-6,9-10,14-15H,4,7-8H2,1-3H3/t14-,15+/m1/s1. The average Bonchev–Trinajstić information content (AvgIpc) is 3.16. The Morgan fingerprint density at radius 1 is 1.12 bits per heavy atom. The third-order valence-corrected chi connectivity index (χ3v) is 4.32. The minimum absolute atomic E-state index is 0.0109. The Bertz CT molecular complexity index is 721. The monoisotopic (exact) mass is 347 g/mol. The van der Waals surface area contributed by atoms with Gasteiger partial charge in [-0.25, -0.2) is 4.68 Å². The van der Waals surface area contributed by atoms with E-state index >= 15 is 0 Å². The molecule has 2 atom stereocenters. The van der Waals surface area contributed by atoms with E-state index in [0.29, 0.717) is 24.7 Å². The largest absolute Gasteiger partial charge is 0.493 e. The van der Waals surface area contributed by atoms with Gasteiger partial charge in [-0.1, -0.05) is 6.07 Å². The van der Waals surface area contributed by atoms with Crippen LogP contribution in [0.25, 0.3) is 0 Å². The quantitative estimate of drug-likeness (QED) is 0.516. The van der Waals surface area contributed by atoms with Gasteiger partial charge in [0.1, 0.15) is 6.33 Å². The highest BCUT2D eigenvalue weighted by molar-refractivity contribution is 5.88. The van der Waals surface area contributed by atoms with Crippen molar-refractivity contribution in [1.82, 2.24) is 25.1 Å². The third kappa shape index (κ3) is 3.14. The summed E-state index contributed by atoms with van der Waals surface area (Å²) in [4.78, 5) is 14.4. The maximum atomic E-state index is 12.6. The molecule has 1 amide bonds. The van der Waals surface area contributed by atoms with Crippen LogP contribution in [0.4, 0.5) is 0 Å². The highest BCUT2D eigenvalue weighted by Gasteiger charge is 2.49. The van der Waals surface area contributed by atoms with Gasteiger partial charge in [-0.3, -0.25) is 4.79 Å². The second kappa shape index (κ2) is 7.47.